The average Bonchev–Trinajstić information content (AvgIpc) is 2.94. The predicted octanol–water partition coefficient (Wildman–Crippen LogP) is 2.18. The van der Waals surface area contributed by atoms with Crippen LogP contribution in [0.3, 0.4) is 0 Å². The molecule has 2 heterocycles. The summed E-state index contributed by atoms with van der Waals surface area (Å²) >= 11 is 0. The smallest absolute Gasteiger partial charge is 0.163 e. The van der Waals surface area contributed by atoms with Crippen molar-refractivity contribution < 1.29 is 9.47 Å². The van der Waals surface area contributed by atoms with Crippen LogP contribution in [-0.4, -0.2) is 38.4 Å². The van der Waals surface area contributed by atoms with Crippen molar-refractivity contribution in [1.29, 1.82) is 0 Å². The third-order valence-corrected chi connectivity index (χ3v) is 4.83. The highest BCUT2D eigenvalue weighted by molar-refractivity contribution is 5.57. The number of hydrogen-bond donors (Lipinski definition) is 1. The van der Waals surface area contributed by atoms with Crippen LogP contribution < -0.4 is 19.7 Å². The molecule has 2 aliphatic heterocycles. The van der Waals surface area contributed by atoms with Crippen molar-refractivity contribution in [3.8, 4) is 11.5 Å². The molecule has 1 spiro atoms. The highest BCUT2D eigenvalue weighted by Crippen LogP contribution is 2.37. The number of fused-ring (bicyclic) bond motifs is 1. The zero-order valence-electron chi connectivity index (χ0n) is 11.9. The summed E-state index contributed by atoms with van der Waals surface area (Å²) in [6, 6.07) is 6.36. The molecule has 4 nitrogen and oxygen atoms in total. The molecule has 0 aromatic heterocycles. The Bertz CT molecular complexity index is 497. The van der Waals surface area contributed by atoms with Gasteiger partial charge in [-0.1, -0.05) is 12.8 Å². The Kier molecular flexibility index (Phi) is 2.99. The quantitative estimate of drug-likeness (QED) is 0.851. The number of rotatable bonds is 1. The van der Waals surface area contributed by atoms with Crippen LogP contribution in [0.25, 0.3) is 0 Å². The van der Waals surface area contributed by atoms with Crippen molar-refractivity contribution >= 4 is 5.69 Å². The topological polar surface area (TPSA) is 33.7 Å². The molecule has 108 valence electrons. The molecule has 0 unspecified atom stereocenters. The molecule has 2 fully saturated rings. The summed E-state index contributed by atoms with van der Waals surface area (Å²) in [4.78, 5) is 2.50. The van der Waals surface area contributed by atoms with Crippen molar-refractivity contribution in [2.75, 3.05) is 37.7 Å². The van der Waals surface area contributed by atoms with E-state index in [0.29, 0.717) is 18.8 Å². The normalized spacial score (nSPS) is 24.1. The molecule has 0 atom stereocenters. The summed E-state index contributed by atoms with van der Waals surface area (Å²) in [5.74, 6) is 1.78. The van der Waals surface area contributed by atoms with E-state index in [9.17, 15) is 0 Å². The second-order valence-electron chi connectivity index (χ2n) is 6.16. The van der Waals surface area contributed by atoms with Gasteiger partial charge in [-0.05, 0) is 25.0 Å². The third-order valence-electron chi connectivity index (χ3n) is 4.83. The number of hydrogen-bond acceptors (Lipinski definition) is 4. The lowest BCUT2D eigenvalue weighted by Crippen LogP contribution is -2.59. The van der Waals surface area contributed by atoms with Crippen molar-refractivity contribution in [3.63, 3.8) is 0 Å². The van der Waals surface area contributed by atoms with Crippen LogP contribution in [-0.2, 0) is 0 Å². The fourth-order valence-corrected chi connectivity index (χ4v) is 3.79. The first kappa shape index (κ1) is 12.3. The Balaban J connectivity index is 1.57. The minimum atomic E-state index is 0.353. The molecular weight excluding hydrogens is 252 g/mol. The van der Waals surface area contributed by atoms with Gasteiger partial charge >= 0.3 is 0 Å². The summed E-state index contributed by atoms with van der Waals surface area (Å²) in [5.41, 5.74) is 1.62. The lowest BCUT2D eigenvalue weighted by Gasteiger charge is -2.43. The Hall–Kier alpha value is -1.42. The Morgan fingerprint density at radius 1 is 1.05 bits per heavy atom. The van der Waals surface area contributed by atoms with E-state index in [-0.39, 0.29) is 0 Å². The number of piperazine rings is 1. The number of benzene rings is 1. The molecule has 4 heteroatoms. The first-order valence-corrected chi connectivity index (χ1v) is 7.74. The van der Waals surface area contributed by atoms with E-state index < -0.39 is 0 Å². The van der Waals surface area contributed by atoms with E-state index in [1.807, 2.05) is 6.07 Å². The zero-order chi connectivity index (χ0) is 13.4. The van der Waals surface area contributed by atoms with Crippen molar-refractivity contribution in [1.82, 2.24) is 5.32 Å². The Morgan fingerprint density at radius 3 is 2.70 bits per heavy atom. The maximum atomic E-state index is 5.70. The maximum absolute atomic E-state index is 5.70. The summed E-state index contributed by atoms with van der Waals surface area (Å²) < 4.78 is 11.3. The van der Waals surface area contributed by atoms with Crippen molar-refractivity contribution in [2.45, 2.75) is 31.2 Å². The minimum Gasteiger partial charge on any atom is -0.486 e. The highest BCUT2D eigenvalue weighted by atomic mass is 16.6. The minimum absolute atomic E-state index is 0.353. The van der Waals surface area contributed by atoms with Gasteiger partial charge in [0.05, 0.1) is 0 Å². The van der Waals surface area contributed by atoms with Gasteiger partial charge in [-0.2, -0.15) is 0 Å². The summed E-state index contributed by atoms with van der Waals surface area (Å²) in [6.45, 7) is 4.58. The van der Waals surface area contributed by atoms with Crippen LogP contribution in [0.5, 0.6) is 11.5 Å². The molecule has 1 aromatic rings. The van der Waals surface area contributed by atoms with Gasteiger partial charge < -0.3 is 19.7 Å². The number of ether oxygens (including phenoxy) is 2. The van der Waals surface area contributed by atoms with Crippen LogP contribution in [0, 0.1) is 0 Å². The molecule has 1 aliphatic carbocycles. The molecule has 1 N–H and O–H groups in total. The molecule has 0 bridgehead atoms. The maximum Gasteiger partial charge on any atom is 0.163 e. The van der Waals surface area contributed by atoms with Crippen molar-refractivity contribution in [2.24, 2.45) is 0 Å². The van der Waals surface area contributed by atoms with Crippen LogP contribution in [0.4, 0.5) is 5.69 Å². The van der Waals surface area contributed by atoms with Crippen LogP contribution in [0.1, 0.15) is 25.7 Å². The van der Waals surface area contributed by atoms with Gasteiger partial charge in [0, 0.05) is 36.9 Å². The van der Waals surface area contributed by atoms with Crippen molar-refractivity contribution in [3.05, 3.63) is 18.2 Å². The third kappa shape index (κ3) is 2.12. The van der Waals surface area contributed by atoms with Crippen LogP contribution in [0.2, 0.25) is 0 Å². The van der Waals surface area contributed by atoms with Crippen LogP contribution >= 0.6 is 0 Å². The largest absolute Gasteiger partial charge is 0.486 e. The van der Waals surface area contributed by atoms with E-state index in [4.69, 9.17) is 9.47 Å². The van der Waals surface area contributed by atoms with E-state index in [2.05, 4.69) is 22.3 Å². The average molecular weight is 274 g/mol. The molecule has 3 aliphatic rings. The van der Waals surface area contributed by atoms with E-state index in [1.165, 1.54) is 31.4 Å². The summed E-state index contributed by atoms with van der Waals surface area (Å²) in [5, 5.41) is 3.76. The number of nitrogens with zero attached hydrogens (tertiary/aromatic N) is 1. The van der Waals surface area contributed by atoms with E-state index in [0.717, 1.165) is 31.1 Å². The highest BCUT2D eigenvalue weighted by Gasteiger charge is 2.37. The lowest BCUT2D eigenvalue weighted by atomic mass is 9.94. The van der Waals surface area contributed by atoms with Gasteiger partial charge in [-0.15, -0.1) is 0 Å². The first-order chi connectivity index (χ1) is 9.85. The fourth-order valence-electron chi connectivity index (χ4n) is 3.79. The summed E-state index contributed by atoms with van der Waals surface area (Å²) in [6.07, 6.45) is 5.35. The lowest BCUT2D eigenvalue weighted by molar-refractivity contribution is 0.171. The molecule has 0 amide bonds. The molecule has 0 radical (unpaired) electrons. The monoisotopic (exact) mass is 274 g/mol. The van der Waals surface area contributed by atoms with E-state index >= 15 is 0 Å². The van der Waals surface area contributed by atoms with Gasteiger partial charge in [0.15, 0.2) is 11.5 Å². The number of nitrogens with one attached hydrogen (secondary N) is 1. The van der Waals surface area contributed by atoms with Gasteiger partial charge in [-0.3, -0.25) is 0 Å². The van der Waals surface area contributed by atoms with Gasteiger partial charge in [0.2, 0.25) is 0 Å². The molecule has 1 saturated carbocycles. The molecule has 1 aromatic carbocycles. The van der Waals surface area contributed by atoms with E-state index in [1.54, 1.807) is 0 Å². The zero-order valence-corrected chi connectivity index (χ0v) is 11.9. The van der Waals surface area contributed by atoms with Gasteiger partial charge in [0.1, 0.15) is 13.2 Å². The molecule has 4 rings (SSSR count). The van der Waals surface area contributed by atoms with Gasteiger partial charge in [-0.25, -0.2) is 0 Å². The predicted molar refractivity (Wildman–Crippen MR) is 78.8 cm³/mol. The first-order valence-electron chi connectivity index (χ1n) is 7.74. The standard InChI is InChI=1S/C16H22N2O2/c1-2-6-16(5-1)12-18(8-7-17-16)13-3-4-14-15(11-13)20-10-9-19-14/h3-4,11,17H,1-2,5-10,12H2. The Labute approximate surface area is 120 Å². The number of anilines is 1. The Morgan fingerprint density at radius 2 is 1.85 bits per heavy atom. The molecule has 20 heavy (non-hydrogen) atoms. The fraction of sp³-hybridized carbons (Fsp3) is 0.625. The SMILES string of the molecule is c1cc2c(cc1N1CCNC3(CCCC3)C1)OCCO2. The van der Waals surface area contributed by atoms with Crippen LogP contribution in [0.15, 0.2) is 18.2 Å². The summed E-state index contributed by atoms with van der Waals surface area (Å²) in [7, 11) is 0. The second kappa shape index (κ2) is 4.85. The molecular formula is C16H22N2O2. The molecule has 1 saturated heterocycles. The second-order valence-corrected chi connectivity index (χ2v) is 6.16. The van der Waals surface area contributed by atoms with Gasteiger partial charge in [0.25, 0.3) is 0 Å².